The molecule has 0 saturated heterocycles. The van der Waals surface area contributed by atoms with Crippen LogP contribution in [0.1, 0.15) is 35.3 Å². The van der Waals surface area contributed by atoms with Crippen molar-refractivity contribution in [3.8, 4) is 16.9 Å². The van der Waals surface area contributed by atoms with Crippen molar-refractivity contribution in [2.24, 2.45) is 0 Å². The molecule has 0 aliphatic rings. The maximum atomic E-state index is 13.1. The standard InChI is InChI=1S/C33H32FN5O4/c1-33(2,42)20-35-31(41)24-10-14-28(29(18-24)43-3)36-32-37-30-15-11-25(19-39(30)38-32)23-8-4-21(5-9-23)16-27(40)17-22-6-12-26(34)13-7-22/h4-15,18-19,42H,16-17,20H2,1-3H3,(H,35,41)(H,36,38). The van der Waals surface area contributed by atoms with Gasteiger partial charge in [0.25, 0.3) is 5.91 Å². The molecule has 1 amide bonds. The van der Waals surface area contributed by atoms with E-state index in [1.807, 2.05) is 42.6 Å². The van der Waals surface area contributed by atoms with E-state index in [2.05, 4.69) is 20.7 Å². The lowest BCUT2D eigenvalue weighted by Gasteiger charge is -2.18. The zero-order valence-corrected chi connectivity index (χ0v) is 24.1. The fourth-order valence-electron chi connectivity index (χ4n) is 4.50. The first kappa shape index (κ1) is 29.4. The summed E-state index contributed by atoms with van der Waals surface area (Å²) in [7, 11) is 1.51. The highest BCUT2D eigenvalue weighted by atomic mass is 19.1. The molecule has 0 saturated carbocycles. The molecule has 5 rings (SSSR count). The van der Waals surface area contributed by atoms with Crippen LogP contribution in [0.3, 0.4) is 0 Å². The van der Waals surface area contributed by atoms with Gasteiger partial charge in [0.05, 0.1) is 18.4 Å². The lowest BCUT2D eigenvalue weighted by molar-refractivity contribution is -0.117. The van der Waals surface area contributed by atoms with E-state index >= 15 is 0 Å². The second-order valence-corrected chi connectivity index (χ2v) is 10.9. The molecule has 2 aromatic heterocycles. The number of ketones is 1. The van der Waals surface area contributed by atoms with Crippen LogP contribution in [0.4, 0.5) is 16.0 Å². The van der Waals surface area contributed by atoms with Crippen molar-refractivity contribution in [2.45, 2.75) is 32.3 Å². The van der Waals surface area contributed by atoms with Crippen LogP contribution in [0.5, 0.6) is 5.75 Å². The maximum Gasteiger partial charge on any atom is 0.251 e. The van der Waals surface area contributed by atoms with Gasteiger partial charge in [0.15, 0.2) is 5.65 Å². The molecule has 0 aliphatic heterocycles. The number of halogens is 1. The number of amides is 1. The van der Waals surface area contributed by atoms with Gasteiger partial charge < -0.3 is 20.5 Å². The number of nitrogens with one attached hydrogen (secondary N) is 2. The molecule has 43 heavy (non-hydrogen) atoms. The molecule has 0 spiro atoms. The zero-order valence-electron chi connectivity index (χ0n) is 24.1. The van der Waals surface area contributed by atoms with Gasteiger partial charge in [-0.15, -0.1) is 5.10 Å². The van der Waals surface area contributed by atoms with Crippen molar-refractivity contribution in [3.05, 3.63) is 108 Å². The van der Waals surface area contributed by atoms with Crippen LogP contribution < -0.4 is 15.4 Å². The normalized spacial score (nSPS) is 11.4. The zero-order chi connectivity index (χ0) is 30.6. The Bertz CT molecular complexity index is 1760. The number of benzene rings is 3. The summed E-state index contributed by atoms with van der Waals surface area (Å²) in [5.41, 5.74) is 4.17. The first-order chi connectivity index (χ1) is 20.6. The number of hydrogen-bond donors (Lipinski definition) is 3. The monoisotopic (exact) mass is 581 g/mol. The van der Waals surface area contributed by atoms with E-state index in [0.29, 0.717) is 35.0 Å². The van der Waals surface area contributed by atoms with Crippen LogP contribution in [-0.2, 0) is 17.6 Å². The number of aromatic nitrogens is 3. The number of pyridine rings is 1. The third-order valence-corrected chi connectivity index (χ3v) is 6.73. The van der Waals surface area contributed by atoms with Crippen LogP contribution in [0.15, 0.2) is 85.1 Å². The second kappa shape index (κ2) is 12.4. The number of carbonyl (C=O) groups excluding carboxylic acids is 2. The fourth-order valence-corrected chi connectivity index (χ4v) is 4.50. The van der Waals surface area contributed by atoms with Crippen LogP contribution in [0, 0.1) is 5.82 Å². The molecule has 0 aliphatic carbocycles. The Kier molecular flexibility index (Phi) is 8.49. The molecule has 2 heterocycles. The number of fused-ring (bicyclic) bond motifs is 1. The predicted octanol–water partition coefficient (Wildman–Crippen LogP) is 5.14. The number of ether oxygens (including phenoxy) is 1. The highest BCUT2D eigenvalue weighted by Gasteiger charge is 2.17. The number of methoxy groups -OCH3 is 1. The van der Waals surface area contributed by atoms with Crippen LogP contribution in [-0.4, -0.2) is 50.7 Å². The fraction of sp³-hybridized carbons (Fsp3) is 0.212. The summed E-state index contributed by atoms with van der Waals surface area (Å²) in [6, 6.07) is 22.5. The lowest BCUT2D eigenvalue weighted by atomic mass is 10.0. The van der Waals surface area contributed by atoms with Gasteiger partial charge in [0.2, 0.25) is 5.95 Å². The Morgan fingerprint density at radius 2 is 1.58 bits per heavy atom. The van der Waals surface area contributed by atoms with Gasteiger partial charge in [-0.1, -0.05) is 36.4 Å². The smallest absolute Gasteiger partial charge is 0.251 e. The predicted molar refractivity (Wildman–Crippen MR) is 162 cm³/mol. The minimum atomic E-state index is -1.02. The SMILES string of the molecule is COc1cc(C(=O)NCC(C)(C)O)ccc1Nc1nc2ccc(-c3ccc(CC(=O)Cc4ccc(F)cc4)cc3)cn2n1. The Morgan fingerprint density at radius 3 is 2.23 bits per heavy atom. The maximum absolute atomic E-state index is 13.1. The average Bonchev–Trinajstić information content (AvgIpc) is 3.39. The van der Waals surface area contributed by atoms with Gasteiger partial charge in [-0.2, -0.15) is 4.98 Å². The van der Waals surface area contributed by atoms with Crippen molar-refractivity contribution in [1.82, 2.24) is 19.9 Å². The Balaban J connectivity index is 1.25. The molecule has 0 fully saturated rings. The first-order valence-electron chi connectivity index (χ1n) is 13.7. The highest BCUT2D eigenvalue weighted by molar-refractivity contribution is 5.95. The van der Waals surface area contributed by atoms with Crippen molar-refractivity contribution in [3.63, 3.8) is 0 Å². The minimum absolute atomic E-state index is 0.0590. The molecule has 0 unspecified atom stereocenters. The molecule has 3 aromatic carbocycles. The van der Waals surface area contributed by atoms with Crippen LogP contribution >= 0.6 is 0 Å². The minimum Gasteiger partial charge on any atom is -0.495 e. The van der Waals surface area contributed by atoms with Crippen LogP contribution in [0.2, 0.25) is 0 Å². The third kappa shape index (κ3) is 7.60. The number of hydrogen-bond acceptors (Lipinski definition) is 7. The van der Waals surface area contributed by atoms with E-state index in [-0.39, 0.29) is 30.5 Å². The van der Waals surface area contributed by atoms with Gasteiger partial charge in [-0.25, -0.2) is 8.91 Å². The molecular formula is C33H32FN5O4. The van der Waals surface area contributed by atoms with Crippen molar-refractivity contribution < 1.29 is 23.8 Å². The molecule has 9 nitrogen and oxygen atoms in total. The number of anilines is 2. The summed E-state index contributed by atoms with van der Waals surface area (Å²) in [4.78, 5) is 29.5. The van der Waals surface area contributed by atoms with Crippen molar-refractivity contribution in [1.29, 1.82) is 0 Å². The molecule has 3 N–H and O–H groups in total. The van der Waals surface area contributed by atoms with E-state index in [1.165, 1.54) is 19.2 Å². The third-order valence-electron chi connectivity index (χ3n) is 6.73. The Morgan fingerprint density at radius 1 is 0.930 bits per heavy atom. The van der Waals surface area contributed by atoms with Gasteiger partial charge >= 0.3 is 0 Å². The van der Waals surface area contributed by atoms with E-state index in [9.17, 15) is 19.1 Å². The molecular weight excluding hydrogens is 549 g/mol. The molecule has 0 bridgehead atoms. The first-order valence-corrected chi connectivity index (χ1v) is 13.7. The number of aliphatic hydroxyl groups is 1. The summed E-state index contributed by atoms with van der Waals surface area (Å²) in [6.07, 6.45) is 2.43. The van der Waals surface area contributed by atoms with E-state index in [1.54, 1.807) is 48.7 Å². The molecule has 10 heteroatoms. The van der Waals surface area contributed by atoms with Gasteiger partial charge in [-0.05, 0) is 73.0 Å². The summed E-state index contributed by atoms with van der Waals surface area (Å²) in [6.45, 7) is 3.35. The average molecular weight is 582 g/mol. The number of carbonyl (C=O) groups is 2. The van der Waals surface area contributed by atoms with E-state index in [0.717, 1.165) is 22.3 Å². The highest BCUT2D eigenvalue weighted by Crippen LogP contribution is 2.28. The molecule has 0 atom stereocenters. The van der Waals surface area contributed by atoms with Crippen molar-refractivity contribution in [2.75, 3.05) is 19.0 Å². The largest absolute Gasteiger partial charge is 0.495 e. The lowest BCUT2D eigenvalue weighted by Crippen LogP contribution is -2.38. The van der Waals surface area contributed by atoms with E-state index < -0.39 is 5.60 Å². The molecule has 220 valence electrons. The summed E-state index contributed by atoms with van der Waals surface area (Å²) in [5.74, 6) is 0.205. The number of Topliss-reactive ketones (excluding diaryl/α,β-unsaturated/α-hetero) is 1. The number of nitrogens with zero attached hydrogens (tertiary/aromatic N) is 3. The van der Waals surface area contributed by atoms with Gasteiger partial charge in [0.1, 0.15) is 17.3 Å². The summed E-state index contributed by atoms with van der Waals surface area (Å²) in [5, 5.41) is 20.3. The molecule has 0 radical (unpaired) electrons. The second-order valence-electron chi connectivity index (χ2n) is 10.9. The van der Waals surface area contributed by atoms with Gasteiger partial charge in [-0.3, -0.25) is 9.59 Å². The Hall–Kier alpha value is -5.09. The van der Waals surface area contributed by atoms with Gasteiger partial charge in [0, 0.05) is 36.7 Å². The Labute approximate surface area is 248 Å². The topological polar surface area (TPSA) is 118 Å². The van der Waals surface area contributed by atoms with E-state index in [4.69, 9.17) is 4.74 Å². The quantitative estimate of drug-likeness (QED) is 0.198. The summed E-state index contributed by atoms with van der Waals surface area (Å²) >= 11 is 0. The van der Waals surface area contributed by atoms with Crippen LogP contribution in [0.25, 0.3) is 16.8 Å². The summed E-state index contributed by atoms with van der Waals surface area (Å²) < 4.78 is 20.3. The molecule has 5 aromatic rings. The van der Waals surface area contributed by atoms with Crippen molar-refractivity contribution >= 4 is 29.0 Å². The number of rotatable bonds is 11.